The summed E-state index contributed by atoms with van der Waals surface area (Å²) in [4.78, 5) is 22.1. The quantitative estimate of drug-likeness (QED) is 0.483. The zero-order valence-electron chi connectivity index (χ0n) is 12.6. The molecular weight excluding hydrogens is 292 g/mol. The van der Waals surface area contributed by atoms with Gasteiger partial charge < -0.3 is 5.73 Å². The molecule has 0 aliphatic heterocycles. The summed E-state index contributed by atoms with van der Waals surface area (Å²) < 4.78 is 0. The minimum absolute atomic E-state index is 0.0213. The van der Waals surface area contributed by atoms with Gasteiger partial charge in [-0.2, -0.15) is 0 Å². The van der Waals surface area contributed by atoms with Crippen molar-refractivity contribution < 1.29 is 9.72 Å². The number of aryl methyl sites for hydroxylation is 1. The minimum Gasteiger partial charge on any atom is -0.321 e. The lowest BCUT2D eigenvalue weighted by molar-refractivity contribution is -0.384. The van der Waals surface area contributed by atoms with Crippen molar-refractivity contribution in [1.82, 2.24) is 0 Å². The van der Waals surface area contributed by atoms with Crippen molar-refractivity contribution in [3.63, 3.8) is 0 Å². The van der Waals surface area contributed by atoms with E-state index in [0.29, 0.717) is 6.42 Å². The van der Waals surface area contributed by atoms with Crippen molar-refractivity contribution in [2.45, 2.75) is 18.9 Å². The number of ketones is 1. The molecule has 5 heteroatoms. The van der Waals surface area contributed by atoms with Gasteiger partial charge >= 0.3 is 0 Å². The Hall–Kier alpha value is -2.79. The largest absolute Gasteiger partial charge is 0.321 e. The highest BCUT2D eigenvalue weighted by atomic mass is 16.6. The summed E-state index contributed by atoms with van der Waals surface area (Å²) in [5, 5.41) is 10.6. The molecule has 23 heavy (non-hydrogen) atoms. The molecule has 0 spiro atoms. The number of nitro benzene ring substituents is 1. The molecular formula is C18H18N2O3. The van der Waals surface area contributed by atoms with Gasteiger partial charge in [0.05, 0.1) is 11.0 Å². The molecule has 0 radical (unpaired) electrons. The van der Waals surface area contributed by atoms with Crippen molar-refractivity contribution in [2.75, 3.05) is 0 Å². The van der Waals surface area contributed by atoms with E-state index in [1.54, 1.807) is 18.2 Å². The average Bonchev–Trinajstić information content (AvgIpc) is 2.58. The van der Waals surface area contributed by atoms with Gasteiger partial charge in [0, 0.05) is 12.1 Å². The normalized spacial score (nSPS) is 12.2. The van der Waals surface area contributed by atoms with Gasteiger partial charge in [-0.25, -0.2) is 0 Å². The maximum Gasteiger partial charge on any atom is 0.269 e. The molecule has 0 fully saturated rings. The molecule has 2 N–H and O–H groups in total. The van der Waals surface area contributed by atoms with Crippen molar-refractivity contribution in [3.05, 3.63) is 81.9 Å². The van der Waals surface area contributed by atoms with Crippen LogP contribution in [0.2, 0.25) is 0 Å². The summed E-state index contributed by atoms with van der Waals surface area (Å²) in [5.74, 6) is -0.153. The van der Waals surface area contributed by atoms with Gasteiger partial charge in [0.1, 0.15) is 0 Å². The molecule has 1 atom stereocenters. The number of rotatable bonds is 7. The minimum atomic E-state index is -0.551. The van der Waals surface area contributed by atoms with Crippen LogP contribution < -0.4 is 5.73 Å². The van der Waals surface area contributed by atoms with E-state index in [-0.39, 0.29) is 11.5 Å². The van der Waals surface area contributed by atoms with Crippen LogP contribution in [0.5, 0.6) is 0 Å². The smallest absolute Gasteiger partial charge is 0.269 e. The van der Waals surface area contributed by atoms with Crippen LogP contribution in [0.15, 0.2) is 60.7 Å². The maximum atomic E-state index is 12.0. The van der Waals surface area contributed by atoms with Gasteiger partial charge in [-0.05, 0) is 42.2 Å². The third-order valence-corrected chi connectivity index (χ3v) is 3.50. The number of carbonyl (C=O) groups is 1. The fourth-order valence-electron chi connectivity index (χ4n) is 2.12. The van der Waals surface area contributed by atoms with Crippen molar-refractivity contribution >= 4 is 17.5 Å². The number of hydrogen-bond donors (Lipinski definition) is 1. The molecule has 0 saturated heterocycles. The molecule has 5 nitrogen and oxygen atoms in total. The standard InChI is InChI=1S/C18H18N2O3/c19-17(12-8-14-4-2-1-3-5-14)18(21)13-9-15-6-10-16(11-7-15)20(22)23/h1-7,9-11,13,17H,8,12,19H2/t17-/m0/s1. The third kappa shape index (κ3) is 5.16. The van der Waals surface area contributed by atoms with Crippen LogP contribution in [0, 0.1) is 10.1 Å². The second-order valence-corrected chi connectivity index (χ2v) is 5.22. The molecule has 2 aromatic carbocycles. The number of carbonyl (C=O) groups excluding carboxylic acids is 1. The van der Waals surface area contributed by atoms with E-state index in [1.165, 1.54) is 18.2 Å². The number of benzene rings is 2. The zero-order valence-corrected chi connectivity index (χ0v) is 12.6. The van der Waals surface area contributed by atoms with Gasteiger partial charge in [0.15, 0.2) is 5.78 Å². The SMILES string of the molecule is N[C@@H](CCc1ccccc1)C(=O)C=Cc1ccc([N+](=O)[O-])cc1. The molecule has 0 aliphatic carbocycles. The van der Waals surface area contributed by atoms with Gasteiger partial charge in [-0.15, -0.1) is 0 Å². The first kappa shape index (κ1) is 16.6. The Morgan fingerprint density at radius 2 is 1.78 bits per heavy atom. The van der Waals surface area contributed by atoms with Gasteiger partial charge in [-0.3, -0.25) is 14.9 Å². The van der Waals surface area contributed by atoms with Crippen molar-refractivity contribution in [1.29, 1.82) is 0 Å². The van der Waals surface area contributed by atoms with Crippen LogP contribution in [0.4, 0.5) is 5.69 Å². The number of nitro groups is 1. The first-order valence-corrected chi connectivity index (χ1v) is 7.32. The van der Waals surface area contributed by atoms with Crippen LogP contribution in [0.1, 0.15) is 17.5 Å². The van der Waals surface area contributed by atoms with Crippen LogP contribution in [-0.4, -0.2) is 16.7 Å². The van der Waals surface area contributed by atoms with Crippen molar-refractivity contribution in [3.8, 4) is 0 Å². The number of hydrogen-bond acceptors (Lipinski definition) is 4. The van der Waals surface area contributed by atoms with Crippen LogP contribution in [0.25, 0.3) is 6.08 Å². The highest BCUT2D eigenvalue weighted by molar-refractivity contribution is 5.97. The fraction of sp³-hybridized carbons (Fsp3) is 0.167. The summed E-state index contributed by atoms with van der Waals surface area (Å²) in [5.41, 5.74) is 7.79. The molecule has 0 amide bonds. The Morgan fingerprint density at radius 3 is 2.39 bits per heavy atom. The summed E-state index contributed by atoms with van der Waals surface area (Å²) in [7, 11) is 0. The molecule has 0 aliphatic rings. The van der Waals surface area contributed by atoms with Gasteiger partial charge in [0.2, 0.25) is 0 Å². The van der Waals surface area contributed by atoms with E-state index < -0.39 is 11.0 Å². The molecule has 0 bridgehead atoms. The topological polar surface area (TPSA) is 86.2 Å². The Balaban J connectivity index is 1.88. The first-order chi connectivity index (χ1) is 11.1. The number of nitrogens with two attached hydrogens (primary N) is 1. The van der Waals surface area contributed by atoms with Crippen LogP contribution in [0.3, 0.4) is 0 Å². The maximum absolute atomic E-state index is 12.0. The van der Waals surface area contributed by atoms with Gasteiger partial charge in [0.25, 0.3) is 5.69 Å². The monoisotopic (exact) mass is 310 g/mol. The van der Waals surface area contributed by atoms with E-state index in [2.05, 4.69) is 0 Å². The predicted molar refractivity (Wildman–Crippen MR) is 89.9 cm³/mol. The average molecular weight is 310 g/mol. The predicted octanol–water partition coefficient (Wildman–Crippen LogP) is 3.14. The van der Waals surface area contributed by atoms with E-state index in [1.807, 2.05) is 30.3 Å². The zero-order chi connectivity index (χ0) is 16.7. The Labute approximate surface area is 134 Å². The second kappa shape index (κ2) is 8.00. The van der Waals surface area contributed by atoms with Crippen molar-refractivity contribution in [2.24, 2.45) is 5.73 Å². The lowest BCUT2D eigenvalue weighted by Crippen LogP contribution is -2.29. The lowest BCUT2D eigenvalue weighted by atomic mass is 10.0. The molecule has 0 unspecified atom stereocenters. The molecule has 0 saturated carbocycles. The van der Waals surface area contributed by atoms with Crippen LogP contribution >= 0.6 is 0 Å². The summed E-state index contributed by atoms with van der Waals surface area (Å²) >= 11 is 0. The highest BCUT2D eigenvalue weighted by Gasteiger charge is 2.10. The third-order valence-electron chi connectivity index (χ3n) is 3.50. The molecule has 2 rings (SSSR count). The van der Waals surface area contributed by atoms with Gasteiger partial charge in [-0.1, -0.05) is 36.4 Å². The van der Waals surface area contributed by atoms with E-state index >= 15 is 0 Å². The summed E-state index contributed by atoms with van der Waals surface area (Å²) in [6.07, 6.45) is 4.37. The Morgan fingerprint density at radius 1 is 1.13 bits per heavy atom. The van der Waals surface area contributed by atoms with E-state index in [0.717, 1.165) is 17.5 Å². The molecule has 0 heterocycles. The van der Waals surface area contributed by atoms with Crippen LogP contribution in [-0.2, 0) is 11.2 Å². The molecule has 118 valence electrons. The number of non-ortho nitro benzene ring substituents is 1. The fourth-order valence-corrected chi connectivity index (χ4v) is 2.12. The van der Waals surface area contributed by atoms with E-state index in [4.69, 9.17) is 5.73 Å². The van der Waals surface area contributed by atoms with E-state index in [9.17, 15) is 14.9 Å². The first-order valence-electron chi connectivity index (χ1n) is 7.32. The highest BCUT2D eigenvalue weighted by Crippen LogP contribution is 2.13. The molecule has 2 aromatic rings. The number of nitrogens with zero attached hydrogens (tertiary/aromatic N) is 1. The summed E-state index contributed by atoms with van der Waals surface area (Å²) in [6, 6.07) is 15.3. The Bertz CT molecular complexity index is 694. The summed E-state index contributed by atoms with van der Waals surface area (Å²) in [6.45, 7) is 0. The second-order valence-electron chi connectivity index (χ2n) is 5.22. The molecule has 0 aromatic heterocycles. The Kier molecular flexibility index (Phi) is 5.77. The lowest BCUT2D eigenvalue weighted by Gasteiger charge is -2.07.